The Kier molecular flexibility index (Phi) is 4.24. The van der Waals surface area contributed by atoms with Crippen LogP contribution in [-0.2, 0) is 6.42 Å². The van der Waals surface area contributed by atoms with Gasteiger partial charge in [-0.25, -0.2) is 0 Å². The average molecular weight is 324 g/mol. The van der Waals surface area contributed by atoms with Crippen LogP contribution in [0.15, 0.2) is 36.4 Å². The van der Waals surface area contributed by atoms with Gasteiger partial charge in [-0.05, 0) is 42.3 Å². The molecule has 2 aromatic carbocycles. The second-order valence-corrected chi connectivity index (χ2v) is 5.75. The van der Waals surface area contributed by atoms with Crippen molar-refractivity contribution in [2.45, 2.75) is 12.3 Å². The molecule has 1 aliphatic rings. The summed E-state index contributed by atoms with van der Waals surface area (Å²) in [5.41, 5.74) is 8.04. The second kappa shape index (κ2) is 6.14. The Balaban J connectivity index is 1.87. The Labute approximate surface area is 133 Å². The first-order chi connectivity index (χ1) is 10.2. The third-order valence-corrected chi connectivity index (χ3v) is 4.51. The molecule has 0 bridgehead atoms. The van der Waals surface area contributed by atoms with Crippen LogP contribution in [0.25, 0.3) is 0 Å². The molecule has 0 fully saturated rings. The summed E-state index contributed by atoms with van der Waals surface area (Å²) < 4.78 is 10.7. The molecule has 0 spiro atoms. The van der Waals surface area contributed by atoms with Crippen molar-refractivity contribution in [2.24, 2.45) is 5.73 Å². The highest BCUT2D eigenvalue weighted by Gasteiger charge is 2.18. The van der Waals surface area contributed by atoms with Gasteiger partial charge in [-0.3, -0.25) is 0 Å². The fourth-order valence-corrected chi connectivity index (χ4v) is 2.87. The van der Waals surface area contributed by atoms with Gasteiger partial charge < -0.3 is 15.2 Å². The maximum Gasteiger partial charge on any atom is 0.231 e. The van der Waals surface area contributed by atoms with Gasteiger partial charge >= 0.3 is 0 Å². The van der Waals surface area contributed by atoms with Crippen molar-refractivity contribution >= 4 is 23.2 Å². The first-order valence-electron chi connectivity index (χ1n) is 6.71. The predicted molar refractivity (Wildman–Crippen MR) is 84.5 cm³/mol. The minimum atomic E-state index is 0.149. The molecule has 5 heteroatoms. The SMILES string of the molecule is NCC(Cc1cccc(Cl)c1Cl)c1ccc2c(c1)OCO2. The maximum atomic E-state index is 6.26. The van der Waals surface area contributed by atoms with Crippen LogP contribution in [0, 0.1) is 0 Å². The third kappa shape index (κ3) is 2.95. The lowest BCUT2D eigenvalue weighted by molar-refractivity contribution is 0.174. The normalized spacial score (nSPS) is 14.2. The summed E-state index contributed by atoms with van der Waals surface area (Å²) in [5.74, 6) is 1.69. The summed E-state index contributed by atoms with van der Waals surface area (Å²) in [5, 5.41) is 1.16. The van der Waals surface area contributed by atoms with Crippen LogP contribution in [-0.4, -0.2) is 13.3 Å². The van der Waals surface area contributed by atoms with Crippen molar-refractivity contribution in [3.05, 3.63) is 57.6 Å². The monoisotopic (exact) mass is 323 g/mol. The van der Waals surface area contributed by atoms with Crippen molar-refractivity contribution in [2.75, 3.05) is 13.3 Å². The van der Waals surface area contributed by atoms with E-state index in [1.54, 1.807) is 6.07 Å². The lowest BCUT2D eigenvalue weighted by atomic mass is 9.92. The molecule has 0 saturated carbocycles. The molecule has 21 heavy (non-hydrogen) atoms. The summed E-state index contributed by atoms with van der Waals surface area (Å²) in [4.78, 5) is 0. The predicted octanol–water partition coefficient (Wildman–Crippen LogP) is 4.01. The number of rotatable bonds is 4. The summed E-state index contributed by atoms with van der Waals surface area (Å²) in [7, 11) is 0. The first kappa shape index (κ1) is 14.5. The zero-order chi connectivity index (χ0) is 14.8. The Morgan fingerprint density at radius 2 is 1.90 bits per heavy atom. The zero-order valence-corrected chi connectivity index (χ0v) is 12.8. The van der Waals surface area contributed by atoms with E-state index in [1.807, 2.05) is 30.3 Å². The van der Waals surface area contributed by atoms with Crippen LogP contribution < -0.4 is 15.2 Å². The Morgan fingerprint density at radius 3 is 2.71 bits per heavy atom. The van der Waals surface area contributed by atoms with E-state index in [1.165, 1.54) is 0 Å². The van der Waals surface area contributed by atoms with Gasteiger partial charge in [0, 0.05) is 5.92 Å². The molecule has 2 aromatic rings. The van der Waals surface area contributed by atoms with E-state index in [0.29, 0.717) is 16.6 Å². The van der Waals surface area contributed by atoms with Gasteiger partial charge in [0.25, 0.3) is 0 Å². The maximum absolute atomic E-state index is 6.26. The number of ether oxygens (including phenoxy) is 2. The molecule has 0 saturated heterocycles. The van der Waals surface area contributed by atoms with E-state index < -0.39 is 0 Å². The Hall–Kier alpha value is -1.42. The summed E-state index contributed by atoms with van der Waals surface area (Å²) in [6.07, 6.45) is 0.732. The van der Waals surface area contributed by atoms with Gasteiger partial charge in [0.1, 0.15) is 0 Å². The lowest BCUT2D eigenvalue weighted by Crippen LogP contribution is -2.15. The number of hydrogen-bond acceptors (Lipinski definition) is 3. The molecule has 1 unspecified atom stereocenters. The van der Waals surface area contributed by atoms with Crippen LogP contribution in [0.4, 0.5) is 0 Å². The van der Waals surface area contributed by atoms with Crippen molar-refractivity contribution in [1.82, 2.24) is 0 Å². The topological polar surface area (TPSA) is 44.5 Å². The van der Waals surface area contributed by atoms with Gasteiger partial charge in [-0.15, -0.1) is 0 Å². The standard InChI is InChI=1S/C16H15Cl2NO2/c17-13-3-1-2-11(16(13)18)6-12(8-19)10-4-5-14-15(7-10)21-9-20-14/h1-5,7,12H,6,8-9,19H2. The fraction of sp³-hybridized carbons (Fsp3) is 0.250. The van der Waals surface area contributed by atoms with Gasteiger partial charge in [-0.1, -0.05) is 41.4 Å². The van der Waals surface area contributed by atoms with E-state index in [0.717, 1.165) is 29.0 Å². The number of fused-ring (bicyclic) bond motifs is 1. The van der Waals surface area contributed by atoms with Crippen LogP contribution in [0.3, 0.4) is 0 Å². The number of hydrogen-bond donors (Lipinski definition) is 1. The molecule has 3 rings (SSSR count). The van der Waals surface area contributed by atoms with Crippen molar-refractivity contribution < 1.29 is 9.47 Å². The van der Waals surface area contributed by atoms with Gasteiger partial charge in [0.2, 0.25) is 6.79 Å². The molecule has 1 atom stereocenters. The Morgan fingerprint density at radius 1 is 1.10 bits per heavy atom. The fourth-order valence-electron chi connectivity index (χ4n) is 2.48. The van der Waals surface area contributed by atoms with E-state index in [2.05, 4.69) is 0 Å². The molecule has 0 amide bonds. The number of benzene rings is 2. The molecule has 1 aliphatic heterocycles. The van der Waals surface area contributed by atoms with Gasteiger partial charge in [0.05, 0.1) is 10.0 Å². The number of nitrogens with two attached hydrogens (primary N) is 1. The average Bonchev–Trinajstić information content (AvgIpc) is 2.96. The number of halogens is 2. The summed E-state index contributed by atoms with van der Waals surface area (Å²) in [6, 6.07) is 11.6. The van der Waals surface area contributed by atoms with Crippen LogP contribution >= 0.6 is 23.2 Å². The molecule has 3 nitrogen and oxygen atoms in total. The van der Waals surface area contributed by atoms with E-state index in [4.69, 9.17) is 38.4 Å². The van der Waals surface area contributed by atoms with Crippen molar-refractivity contribution in [3.8, 4) is 11.5 Å². The molecular formula is C16H15Cl2NO2. The molecule has 2 N–H and O–H groups in total. The van der Waals surface area contributed by atoms with Gasteiger partial charge in [0.15, 0.2) is 11.5 Å². The van der Waals surface area contributed by atoms with Crippen LogP contribution in [0.5, 0.6) is 11.5 Å². The quantitative estimate of drug-likeness (QED) is 0.924. The second-order valence-electron chi connectivity index (χ2n) is 4.96. The highest BCUT2D eigenvalue weighted by Crippen LogP contribution is 2.36. The van der Waals surface area contributed by atoms with Gasteiger partial charge in [-0.2, -0.15) is 0 Å². The summed E-state index contributed by atoms with van der Waals surface area (Å²) >= 11 is 12.3. The largest absolute Gasteiger partial charge is 0.454 e. The van der Waals surface area contributed by atoms with E-state index >= 15 is 0 Å². The highest BCUT2D eigenvalue weighted by molar-refractivity contribution is 6.42. The molecule has 110 valence electrons. The van der Waals surface area contributed by atoms with E-state index in [-0.39, 0.29) is 12.7 Å². The molecule has 0 radical (unpaired) electrons. The van der Waals surface area contributed by atoms with Crippen molar-refractivity contribution in [1.29, 1.82) is 0 Å². The Bertz CT molecular complexity index is 661. The first-order valence-corrected chi connectivity index (χ1v) is 7.47. The third-order valence-electron chi connectivity index (χ3n) is 3.65. The highest BCUT2D eigenvalue weighted by atomic mass is 35.5. The smallest absolute Gasteiger partial charge is 0.231 e. The zero-order valence-electron chi connectivity index (χ0n) is 11.3. The van der Waals surface area contributed by atoms with Crippen LogP contribution in [0.1, 0.15) is 17.0 Å². The molecular weight excluding hydrogens is 309 g/mol. The molecule has 1 heterocycles. The summed E-state index contributed by atoms with van der Waals surface area (Å²) in [6.45, 7) is 0.786. The minimum absolute atomic E-state index is 0.149. The molecule has 0 aromatic heterocycles. The van der Waals surface area contributed by atoms with E-state index in [9.17, 15) is 0 Å². The van der Waals surface area contributed by atoms with Crippen LogP contribution in [0.2, 0.25) is 10.0 Å². The lowest BCUT2D eigenvalue weighted by Gasteiger charge is -2.17. The molecule has 0 aliphatic carbocycles. The minimum Gasteiger partial charge on any atom is -0.454 e. The van der Waals surface area contributed by atoms with Crippen molar-refractivity contribution in [3.63, 3.8) is 0 Å².